The summed E-state index contributed by atoms with van der Waals surface area (Å²) in [6.07, 6.45) is 0.677. The highest BCUT2D eigenvalue weighted by Gasteiger charge is 2.40. The highest BCUT2D eigenvalue weighted by Crippen LogP contribution is 2.30. The molecule has 0 heterocycles. The van der Waals surface area contributed by atoms with Crippen LogP contribution in [0.5, 0.6) is 5.75 Å². The number of nitrogens with one attached hydrogen (secondary N) is 1. The highest BCUT2D eigenvalue weighted by molar-refractivity contribution is 14.1. The fourth-order valence-electron chi connectivity index (χ4n) is 3.83. The van der Waals surface area contributed by atoms with Crippen molar-refractivity contribution >= 4 is 34.4 Å². The number of benzene rings is 1. The van der Waals surface area contributed by atoms with E-state index in [0.717, 1.165) is 3.57 Å². The van der Waals surface area contributed by atoms with Crippen molar-refractivity contribution in [2.45, 2.75) is 57.5 Å². The first kappa shape index (κ1) is 29.5. The molecule has 0 aromatic heterocycles. The Bertz CT molecular complexity index is 849. The Morgan fingerprint density at radius 1 is 1.26 bits per heavy atom. The van der Waals surface area contributed by atoms with Crippen LogP contribution in [0.3, 0.4) is 0 Å². The number of amides is 2. The van der Waals surface area contributed by atoms with Crippen LogP contribution < -0.4 is 10.1 Å². The fraction of sp³-hybridized carbons (Fsp3) is 0.600. The molecule has 0 fully saturated rings. The van der Waals surface area contributed by atoms with Crippen LogP contribution in [0, 0.1) is 3.57 Å². The number of carbonyl (C=O) groups excluding carboxylic acids is 2. The number of hydrogen-bond donors (Lipinski definition) is 3. The number of methoxy groups -OCH3 is 1. The lowest BCUT2D eigenvalue weighted by Crippen LogP contribution is -2.55. The van der Waals surface area contributed by atoms with Crippen LogP contribution in [-0.4, -0.2) is 91.3 Å². The summed E-state index contributed by atoms with van der Waals surface area (Å²) in [6, 6.07) is 6.72. The predicted molar refractivity (Wildman–Crippen MR) is 140 cm³/mol. The molecule has 9 nitrogen and oxygen atoms in total. The molecule has 2 rings (SSSR count). The standard InChI is InChI=1S/C25H37IN2O7/c1-17(2)34-13-6-11-28(23(30)9-14-33-3)20-15-18(25(32)27-10-12-29)16-22(24(20)31)35-21-8-5-4-7-19(21)26/h4-5,7-8,16-17,20,22,24,29,31H,6,9-15H2,1-3H3,(H,27,32)/t20-,22+,24+/m1/s1. The maximum absolute atomic E-state index is 13.1. The summed E-state index contributed by atoms with van der Waals surface area (Å²) in [5.74, 6) is 0.0389. The molecule has 0 bridgehead atoms. The number of aliphatic hydroxyl groups is 2. The molecular formula is C25H37IN2O7. The van der Waals surface area contributed by atoms with Gasteiger partial charge in [0, 0.05) is 38.8 Å². The van der Waals surface area contributed by atoms with Crippen LogP contribution in [0.15, 0.2) is 35.9 Å². The average molecular weight is 604 g/mol. The van der Waals surface area contributed by atoms with Crippen molar-refractivity contribution in [3.8, 4) is 5.75 Å². The Labute approximate surface area is 220 Å². The lowest BCUT2D eigenvalue weighted by Gasteiger charge is -2.40. The number of ether oxygens (including phenoxy) is 3. The van der Waals surface area contributed by atoms with Gasteiger partial charge in [-0.15, -0.1) is 0 Å². The molecule has 0 radical (unpaired) electrons. The number of halogens is 1. The maximum Gasteiger partial charge on any atom is 0.247 e. The van der Waals surface area contributed by atoms with E-state index in [0.29, 0.717) is 30.9 Å². The lowest BCUT2D eigenvalue weighted by molar-refractivity contribution is -0.139. The van der Waals surface area contributed by atoms with Crippen molar-refractivity contribution < 1.29 is 34.0 Å². The number of aliphatic hydroxyl groups excluding tert-OH is 2. The lowest BCUT2D eigenvalue weighted by atomic mass is 9.88. The molecule has 35 heavy (non-hydrogen) atoms. The molecular weight excluding hydrogens is 567 g/mol. The topological polar surface area (TPSA) is 118 Å². The summed E-state index contributed by atoms with van der Waals surface area (Å²) in [5, 5.41) is 23.1. The molecule has 0 unspecified atom stereocenters. The minimum absolute atomic E-state index is 0.0730. The Morgan fingerprint density at radius 3 is 2.66 bits per heavy atom. The van der Waals surface area contributed by atoms with Gasteiger partial charge in [0.1, 0.15) is 18.0 Å². The van der Waals surface area contributed by atoms with Gasteiger partial charge in [-0.1, -0.05) is 12.1 Å². The number of carbonyl (C=O) groups is 2. The SMILES string of the molecule is COCCC(=O)N(CCCOC(C)C)[C@@H]1CC(C(=O)NCCO)=C[C@H](Oc2ccccc2I)[C@H]1O. The maximum atomic E-state index is 13.1. The van der Waals surface area contributed by atoms with Crippen LogP contribution in [0.25, 0.3) is 0 Å². The largest absolute Gasteiger partial charge is 0.482 e. The molecule has 1 aliphatic rings. The van der Waals surface area contributed by atoms with E-state index in [-0.39, 0.29) is 50.5 Å². The Balaban J connectivity index is 2.32. The van der Waals surface area contributed by atoms with Gasteiger partial charge in [-0.3, -0.25) is 9.59 Å². The van der Waals surface area contributed by atoms with Gasteiger partial charge in [0.05, 0.1) is 35.4 Å². The first-order valence-electron chi connectivity index (χ1n) is 11.9. The predicted octanol–water partition coefficient (Wildman–Crippen LogP) is 1.89. The van der Waals surface area contributed by atoms with Crippen LogP contribution in [0.2, 0.25) is 0 Å². The van der Waals surface area contributed by atoms with E-state index in [1.807, 2.05) is 32.0 Å². The average Bonchev–Trinajstić information content (AvgIpc) is 2.83. The number of hydrogen-bond acceptors (Lipinski definition) is 7. The zero-order valence-corrected chi connectivity index (χ0v) is 22.8. The zero-order valence-electron chi connectivity index (χ0n) is 20.6. The summed E-state index contributed by atoms with van der Waals surface area (Å²) in [6.45, 7) is 4.89. The van der Waals surface area contributed by atoms with Crippen molar-refractivity contribution in [1.82, 2.24) is 10.2 Å². The van der Waals surface area contributed by atoms with Crippen molar-refractivity contribution in [2.24, 2.45) is 0 Å². The molecule has 196 valence electrons. The van der Waals surface area contributed by atoms with E-state index < -0.39 is 18.2 Å². The molecule has 1 aliphatic carbocycles. The molecule has 3 N–H and O–H groups in total. The minimum atomic E-state index is -1.06. The van der Waals surface area contributed by atoms with E-state index in [1.54, 1.807) is 17.0 Å². The van der Waals surface area contributed by atoms with Gasteiger partial charge in [-0.2, -0.15) is 0 Å². The van der Waals surface area contributed by atoms with Gasteiger partial charge in [0.15, 0.2) is 0 Å². The van der Waals surface area contributed by atoms with Crippen LogP contribution >= 0.6 is 22.6 Å². The number of rotatable bonds is 14. The summed E-state index contributed by atoms with van der Waals surface area (Å²) in [7, 11) is 1.53. The molecule has 0 saturated heterocycles. The van der Waals surface area contributed by atoms with E-state index >= 15 is 0 Å². The summed E-state index contributed by atoms with van der Waals surface area (Å²) >= 11 is 2.15. The minimum Gasteiger partial charge on any atom is -0.482 e. The van der Waals surface area contributed by atoms with Crippen molar-refractivity contribution in [1.29, 1.82) is 0 Å². The number of nitrogens with zero attached hydrogens (tertiary/aromatic N) is 1. The molecule has 0 saturated carbocycles. The summed E-state index contributed by atoms with van der Waals surface area (Å²) < 4.78 is 17.7. The second-order valence-electron chi connectivity index (χ2n) is 8.55. The van der Waals surface area contributed by atoms with E-state index in [9.17, 15) is 14.7 Å². The zero-order chi connectivity index (χ0) is 25.8. The van der Waals surface area contributed by atoms with Gasteiger partial charge in [0.25, 0.3) is 0 Å². The van der Waals surface area contributed by atoms with Crippen LogP contribution in [0.1, 0.15) is 33.1 Å². The quantitative estimate of drug-likeness (QED) is 0.219. The first-order chi connectivity index (χ1) is 16.8. The third-order valence-corrected chi connectivity index (χ3v) is 6.44. The Kier molecular flexibility index (Phi) is 13.0. The molecule has 1 aromatic carbocycles. The van der Waals surface area contributed by atoms with Crippen molar-refractivity contribution in [3.05, 3.63) is 39.5 Å². The smallest absolute Gasteiger partial charge is 0.247 e. The van der Waals surface area contributed by atoms with Gasteiger partial charge in [0.2, 0.25) is 11.8 Å². The van der Waals surface area contributed by atoms with Crippen LogP contribution in [0.4, 0.5) is 0 Å². The van der Waals surface area contributed by atoms with E-state index in [1.165, 1.54) is 7.11 Å². The molecule has 3 atom stereocenters. The molecule has 0 aliphatic heterocycles. The van der Waals surface area contributed by atoms with E-state index in [2.05, 4.69) is 27.9 Å². The van der Waals surface area contributed by atoms with E-state index in [4.69, 9.17) is 19.3 Å². The van der Waals surface area contributed by atoms with Gasteiger partial charge in [-0.05, 0) is 61.1 Å². The third-order valence-electron chi connectivity index (χ3n) is 5.55. The number of para-hydroxylation sites is 1. The van der Waals surface area contributed by atoms with Gasteiger partial charge in [-0.25, -0.2) is 0 Å². The van der Waals surface area contributed by atoms with Crippen molar-refractivity contribution in [2.75, 3.05) is 40.0 Å². The molecule has 0 spiro atoms. The third kappa shape index (κ3) is 9.34. The van der Waals surface area contributed by atoms with Crippen LogP contribution in [-0.2, 0) is 19.1 Å². The molecule has 10 heteroatoms. The summed E-state index contributed by atoms with van der Waals surface area (Å²) in [5.41, 5.74) is 0.396. The fourth-order valence-corrected chi connectivity index (χ4v) is 4.34. The summed E-state index contributed by atoms with van der Waals surface area (Å²) in [4.78, 5) is 27.6. The monoisotopic (exact) mass is 604 g/mol. The molecule has 1 aromatic rings. The first-order valence-corrected chi connectivity index (χ1v) is 12.9. The Hall–Kier alpha value is -1.73. The second kappa shape index (κ2) is 15.4. The Morgan fingerprint density at radius 2 is 2.00 bits per heavy atom. The van der Waals surface area contributed by atoms with Gasteiger partial charge >= 0.3 is 0 Å². The second-order valence-corrected chi connectivity index (χ2v) is 9.71. The van der Waals surface area contributed by atoms with Crippen molar-refractivity contribution in [3.63, 3.8) is 0 Å². The van der Waals surface area contributed by atoms with Gasteiger partial charge < -0.3 is 34.6 Å². The normalized spacial score (nSPS) is 19.9. The highest BCUT2D eigenvalue weighted by atomic mass is 127. The molecule has 2 amide bonds.